The standard InChI is InChI=1S/C17H12N2O7S/c20-14-5-4-10-6-12(8-16(15(10)9-14)27(24,25)26)18-17(21)11-2-1-3-13(7-11)19(22)23/h1-9,20H,(H,18,21)(H,24,25,26). The van der Waals surface area contributed by atoms with Crippen molar-refractivity contribution in [1.82, 2.24) is 0 Å². The van der Waals surface area contributed by atoms with E-state index < -0.39 is 25.8 Å². The highest BCUT2D eigenvalue weighted by Crippen LogP contribution is 2.30. The van der Waals surface area contributed by atoms with E-state index in [2.05, 4.69) is 5.32 Å². The van der Waals surface area contributed by atoms with Gasteiger partial charge in [-0.3, -0.25) is 19.5 Å². The average molecular weight is 388 g/mol. The molecule has 0 spiro atoms. The maximum atomic E-state index is 12.4. The van der Waals surface area contributed by atoms with E-state index in [0.717, 1.165) is 12.1 Å². The van der Waals surface area contributed by atoms with Crippen molar-refractivity contribution in [3.8, 4) is 5.75 Å². The normalized spacial score (nSPS) is 11.3. The lowest BCUT2D eigenvalue weighted by Crippen LogP contribution is -2.13. The number of benzene rings is 3. The highest BCUT2D eigenvalue weighted by atomic mass is 32.2. The van der Waals surface area contributed by atoms with Gasteiger partial charge in [-0.05, 0) is 35.7 Å². The first-order valence-corrected chi connectivity index (χ1v) is 8.89. The first kappa shape index (κ1) is 18.3. The Morgan fingerprint density at radius 3 is 2.48 bits per heavy atom. The third-order valence-electron chi connectivity index (χ3n) is 3.75. The predicted octanol–water partition coefficient (Wildman–Crippen LogP) is 2.95. The highest BCUT2D eigenvalue weighted by Gasteiger charge is 2.18. The summed E-state index contributed by atoms with van der Waals surface area (Å²) in [4.78, 5) is 22.0. The van der Waals surface area contributed by atoms with Gasteiger partial charge in [-0.1, -0.05) is 12.1 Å². The SMILES string of the molecule is O=C(Nc1cc(S(=O)(=O)O)c2cc(O)ccc2c1)c1cccc([N+](=O)[O-])c1. The Balaban J connectivity index is 2.05. The number of fused-ring (bicyclic) bond motifs is 1. The summed E-state index contributed by atoms with van der Waals surface area (Å²) >= 11 is 0. The summed E-state index contributed by atoms with van der Waals surface area (Å²) in [6.45, 7) is 0. The van der Waals surface area contributed by atoms with Gasteiger partial charge in [0, 0.05) is 28.8 Å². The summed E-state index contributed by atoms with van der Waals surface area (Å²) in [6.07, 6.45) is 0. The molecule has 3 aromatic rings. The molecule has 3 rings (SSSR count). The van der Waals surface area contributed by atoms with E-state index in [0.29, 0.717) is 5.39 Å². The van der Waals surface area contributed by atoms with Crippen molar-refractivity contribution < 1.29 is 27.8 Å². The zero-order valence-electron chi connectivity index (χ0n) is 13.5. The molecule has 0 atom stereocenters. The van der Waals surface area contributed by atoms with Gasteiger partial charge in [-0.15, -0.1) is 0 Å². The zero-order valence-corrected chi connectivity index (χ0v) is 14.3. The van der Waals surface area contributed by atoms with Crippen LogP contribution in [-0.2, 0) is 10.1 Å². The summed E-state index contributed by atoms with van der Waals surface area (Å²) in [7, 11) is -4.64. The monoisotopic (exact) mass is 388 g/mol. The topological polar surface area (TPSA) is 147 Å². The largest absolute Gasteiger partial charge is 0.508 e. The summed E-state index contributed by atoms with van der Waals surface area (Å²) in [5.41, 5.74) is -0.212. The number of nitrogens with one attached hydrogen (secondary N) is 1. The minimum Gasteiger partial charge on any atom is -0.508 e. The molecule has 3 aromatic carbocycles. The van der Waals surface area contributed by atoms with Crippen molar-refractivity contribution in [2.24, 2.45) is 0 Å². The Morgan fingerprint density at radius 2 is 1.81 bits per heavy atom. The first-order valence-electron chi connectivity index (χ1n) is 7.45. The summed E-state index contributed by atoms with van der Waals surface area (Å²) < 4.78 is 32.8. The van der Waals surface area contributed by atoms with E-state index in [1.165, 1.54) is 42.5 Å². The number of carbonyl (C=O) groups is 1. The smallest absolute Gasteiger partial charge is 0.295 e. The lowest BCUT2D eigenvalue weighted by molar-refractivity contribution is -0.384. The maximum absolute atomic E-state index is 12.4. The molecule has 0 radical (unpaired) electrons. The molecule has 1 amide bonds. The molecule has 9 nitrogen and oxygen atoms in total. The third-order valence-corrected chi connectivity index (χ3v) is 4.65. The summed E-state index contributed by atoms with van der Waals surface area (Å²) in [6, 6.07) is 11.4. The highest BCUT2D eigenvalue weighted by molar-refractivity contribution is 7.86. The predicted molar refractivity (Wildman–Crippen MR) is 96.5 cm³/mol. The van der Waals surface area contributed by atoms with Gasteiger partial charge in [0.1, 0.15) is 10.6 Å². The number of amides is 1. The summed E-state index contributed by atoms with van der Waals surface area (Å²) in [5.74, 6) is -0.890. The van der Waals surface area contributed by atoms with Crippen molar-refractivity contribution in [3.05, 3.63) is 70.3 Å². The molecule has 0 fully saturated rings. The summed E-state index contributed by atoms with van der Waals surface area (Å²) in [5, 5.41) is 23.2. The second-order valence-corrected chi connectivity index (χ2v) is 7.01. The molecule has 0 aromatic heterocycles. The first-order chi connectivity index (χ1) is 12.6. The Hall–Kier alpha value is -3.50. The van der Waals surface area contributed by atoms with Gasteiger partial charge in [0.05, 0.1) is 4.92 Å². The fourth-order valence-corrected chi connectivity index (χ4v) is 3.29. The molecule has 0 aliphatic rings. The Bertz CT molecular complexity index is 1190. The van der Waals surface area contributed by atoms with Crippen molar-refractivity contribution in [1.29, 1.82) is 0 Å². The van der Waals surface area contributed by atoms with Gasteiger partial charge in [0.2, 0.25) is 0 Å². The Kier molecular flexibility index (Phi) is 4.52. The molecule has 0 unspecified atom stereocenters. The van der Waals surface area contributed by atoms with E-state index in [-0.39, 0.29) is 28.1 Å². The molecule has 10 heteroatoms. The van der Waals surface area contributed by atoms with Crippen LogP contribution in [0.5, 0.6) is 5.75 Å². The fourth-order valence-electron chi connectivity index (χ4n) is 2.56. The molecule has 0 aliphatic carbocycles. The van der Waals surface area contributed by atoms with Gasteiger partial charge < -0.3 is 10.4 Å². The van der Waals surface area contributed by atoms with Crippen LogP contribution < -0.4 is 5.32 Å². The molecular formula is C17H12N2O7S. The van der Waals surface area contributed by atoms with Crippen molar-refractivity contribution >= 4 is 38.2 Å². The number of nitrogens with zero attached hydrogens (tertiary/aromatic N) is 1. The number of aromatic hydroxyl groups is 1. The van der Waals surface area contributed by atoms with Gasteiger partial charge >= 0.3 is 0 Å². The van der Waals surface area contributed by atoms with Crippen LogP contribution in [0.15, 0.2) is 59.5 Å². The number of phenolic OH excluding ortho intramolecular Hbond substituents is 1. The van der Waals surface area contributed by atoms with Gasteiger partial charge in [0.25, 0.3) is 21.7 Å². The van der Waals surface area contributed by atoms with Crippen LogP contribution >= 0.6 is 0 Å². The molecule has 0 saturated heterocycles. The Morgan fingerprint density at radius 1 is 1.07 bits per heavy atom. The van der Waals surface area contributed by atoms with Gasteiger partial charge in [0.15, 0.2) is 0 Å². The van der Waals surface area contributed by atoms with E-state index in [9.17, 15) is 33.0 Å². The molecule has 27 heavy (non-hydrogen) atoms. The molecule has 0 heterocycles. The molecular weight excluding hydrogens is 376 g/mol. The lowest BCUT2D eigenvalue weighted by Gasteiger charge is -2.10. The number of non-ortho nitro benzene ring substituents is 1. The van der Waals surface area contributed by atoms with Crippen molar-refractivity contribution in [2.75, 3.05) is 5.32 Å². The second-order valence-electron chi connectivity index (χ2n) is 5.62. The lowest BCUT2D eigenvalue weighted by atomic mass is 10.1. The molecule has 3 N–H and O–H groups in total. The average Bonchev–Trinajstić information content (AvgIpc) is 2.60. The van der Waals surface area contributed by atoms with E-state index >= 15 is 0 Å². The number of carbonyl (C=O) groups excluding carboxylic acids is 1. The maximum Gasteiger partial charge on any atom is 0.295 e. The number of hydrogen-bond acceptors (Lipinski definition) is 6. The van der Waals surface area contributed by atoms with Crippen LogP contribution in [0, 0.1) is 10.1 Å². The van der Waals surface area contributed by atoms with Crippen molar-refractivity contribution in [3.63, 3.8) is 0 Å². The quantitative estimate of drug-likeness (QED) is 0.354. The number of hydrogen-bond donors (Lipinski definition) is 3. The zero-order chi connectivity index (χ0) is 19.8. The molecule has 138 valence electrons. The van der Waals surface area contributed by atoms with Gasteiger partial charge in [-0.25, -0.2) is 0 Å². The van der Waals surface area contributed by atoms with Crippen LogP contribution in [0.25, 0.3) is 10.8 Å². The van der Waals surface area contributed by atoms with Crippen LogP contribution in [-0.4, -0.2) is 28.9 Å². The second kappa shape index (κ2) is 6.67. The van der Waals surface area contributed by atoms with E-state index in [1.54, 1.807) is 0 Å². The van der Waals surface area contributed by atoms with E-state index in [4.69, 9.17) is 0 Å². The minimum atomic E-state index is -4.64. The van der Waals surface area contributed by atoms with Crippen LogP contribution in [0.1, 0.15) is 10.4 Å². The number of nitro groups is 1. The molecule has 0 saturated carbocycles. The number of rotatable bonds is 4. The Labute approximate surface area is 152 Å². The minimum absolute atomic E-state index is 0.00316. The molecule has 0 aliphatic heterocycles. The van der Waals surface area contributed by atoms with Crippen LogP contribution in [0.2, 0.25) is 0 Å². The van der Waals surface area contributed by atoms with E-state index in [1.807, 2.05) is 0 Å². The number of phenols is 1. The third kappa shape index (κ3) is 3.86. The number of nitro benzene ring substituents is 1. The van der Waals surface area contributed by atoms with Crippen molar-refractivity contribution in [2.45, 2.75) is 4.90 Å². The molecule has 0 bridgehead atoms. The van der Waals surface area contributed by atoms with Crippen LogP contribution in [0.3, 0.4) is 0 Å². The van der Waals surface area contributed by atoms with Crippen LogP contribution in [0.4, 0.5) is 11.4 Å². The number of anilines is 1. The fraction of sp³-hybridized carbons (Fsp3) is 0. The van der Waals surface area contributed by atoms with Gasteiger partial charge in [-0.2, -0.15) is 8.42 Å².